The first-order valence-electron chi connectivity index (χ1n) is 9.48. The highest BCUT2D eigenvalue weighted by Crippen LogP contribution is 2.39. The molecule has 1 aliphatic carbocycles. The van der Waals surface area contributed by atoms with Gasteiger partial charge in [0.15, 0.2) is 0 Å². The molecule has 152 valence electrons. The third kappa shape index (κ3) is 3.93. The average Bonchev–Trinajstić information content (AvgIpc) is 3.01. The Labute approximate surface area is 170 Å². The van der Waals surface area contributed by atoms with Crippen LogP contribution in [0.4, 0.5) is 0 Å². The first kappa shape index (κ1) is 19.7. The molecule has 7 heteroatoms. The maximum atomic E-state index is 12.8. The van der Waals surface area contributed by atoms with Crippen LogP contribution in [0.1, 0.15) is 33.8 Å². The summed E-state index contributed by atoms with van der Waals surface area (Å²) in [5.74, 6) is 0.0573. The van der Waals surface area contributed by atoms with E-state index in [1.165, 1.54) is 0 Å². The number of benzene rings is 2. The number of fused-ring (bicyclic) bond motifs is 1. The van der Waals surface area contributed by atoms with Crippen molar-refractivity contribution in [3.05, 3.63) is 76.9 Å². The van der Waals surface area contributed by atoms with Crippen LogP contribution in [0.2, 0.25) is 0 Å². The molecule has 2 aromatic rings. The van der Waals surface area contributed by atoms with Gasteiger partial charge in [-0.3, -0.25) is 0 Å². The molecule has 1 aliphatic heterocycles. The molecular weight excluding hydrogens is 390 g/mol. The number of hydrogen-bond acceptors (Lipinski definition) is 5. The highest BCUT2D eigenvalue weighted by molar-refractivity contribution is 7.90. The summed E-state index contributed by atoms with van der Waals surface area (Å²) in [6, 6.07) is 14.7. The highest BCUT2D eigenvalue weighted by Gasteiger charge is 2.44. The van der Waals surface area contributed by atoms with Crippen molar-refractivity contribution in [3.8, 4) is 5.75 Å². The number of sulfonamides is 1. The van der Waals surface area contributed by atoms with Crippen LogP contribution in [-0.4, -0.2) is 39.4 Å². The van der Waals surface area contributed by atoms with Gasteiger partial charge in [-0.25, -0.2) is 17.9 Å². The van der Waals surface area contributed by atoms with Crippen LogP contribution in [0.25, 0.3) is 0 Å². The molecule has 0 radical (unpaired) electrons. The fourth-order valence-electron chi connectivity index (χ4n) is 3.97. The van der Waals surface area contributed by atoms with Crippen LogP contribution in [0.3, 0.4) is 0 Å². The summed E-state index contributed by atoms with van der Waals surface area (Å²) in [6.07, 6.45) is 1.58. The Morgan fingerprint density at radius 1 is 1.14 bits per heavy atom. The Bertz CT molecular complexity index is 1060. The molecule has 0 spiro atoms. The normalized spacial score (nSPS) is 25.0. The molecule has 1 saturated heterocycles. The molecule has 6 nitrogen and oxygen atoms in total. The van der Waals surface area contributed by atoms with E-state index < -0.39 is 27.3 Å². The molecule has 4 rings (SSSR count). The fraction of sp³-hybridized carbons (Fsp3) is 0.318. The summed E-state index contributed by atoms with van der Waals surface area (Å²) in [6.45, 7) is 2.21. The molecule has 1 fully saturated rings. The monoisotopic (exact) mass is 413 g/mol. The zero-order valence-electron chi connectivity index (χ0n) is 16.3. The van der Waals surface area contributed by atoms with Gasteiger partial charge in [0.05, 0.1) is 12.7 Å². The molecule has 0 aromatic heterocycles. The molecule has 0 saturated carbocycles. The molecular formula is C22H23NO5S. The van der Waals surface area contributed by atoms with E-state index in [0.717, 1.165) is 22.4 Å². The highest BCUT2D eigenvalue weighted by atomic mass is 32.2. The number of nitrogens with one attached hydrogen (secondary N) is 1. The van der Waals surface area contributed by atoms with Crippen LogP contribution in [0.15, 0.2) is 60.2 Å². The van der Waals surface area contributed by atoms with Crippen molar-refractivity contribution in [2.75, 3.05) is 13.7 Å². The second-order valence-corrected chi connectivity index (χ2v) is 9.39. The SMILES string of the molecule is COc1ccc([C@@H]2C=C3CNS(=O)(=O)[C@H]3C[C@H]2OC(=O)c2cccc(C)c2)cc1. The van der Waals surface area contributed by atoms with Gasteiger partial charge in [0.1, 0.15) is 17.1 Å². The number of esters is 1. The molecule has 1 heterocycles. The second kappa shape index (κ2) is 7.65. The number of methoxy groups -OCH3 is 1. The summed E-state index contributed by atoms with van der Waals surface area (Å²) in [4.78, 5) is 12.8. The molecule has 0 bridgehead atoms. The standard InChI is InChI=1S/C22H23NO5S/c1-14-4-3-5-16(10-14)22(24)28-20-12-21-17(13-23-29(21,25)26)11-19(20)15-6-8-18(27-2)9-7-15/h3-11,19-21,23H,12-13H2,1-2H3/t19-,20+,21-/m0/s1. The summed E-state index contributed by atoms with van der Waals surface area (Å²) in [5, 5.41) is -0.660. The lowest BCUT2D eigenvalue weighted by atomic mass is 9.82. The van der Waals surface area contributed by atoms with E-state index in [1.807, 2.05) is 43.3 Å². The summed E-state index contributed by atoms with van der Waals surface area (Å²) < 4.78 is 38.4. The van der Waals surface area contributed by atoms with E-state index in [9.17, 15) is 13.2 Å². The molecule has 3 atom stereocenters. The maximum Gasteiger partial charge on any atom is 0.338 e. The zero-order valence-corrected chi connectivity index (χ0v) is 17.1. The van der Waals surface area contributed by atoms with Crippen molar-refractivity contribution in [1.82, 2.24) is 4.72 Å². The van der Waals surface area contributed by atoms with E-state index >= 15 is 0 Å². The average molecular weight is 413 g/mol. The number of rotatable bonds is 4. The van der Waals surface area contributed by atoms with E-state index in [1.54, 1.807) is 25.3 Å². The predicted molar refractivity (Wildman–Crippen MR) is 110 cm³/mol. The Balaban J connectivity index is 1.67. The lowest BCUT2D eigenvalue weighted by Gasteiger charge is -2.32. The number of ether oxygens (including phenoxy) is 2. The molecule has 2 aromatic carbocycles. The van der Waals surface area contributed by atoms with Gasteiger partial charge in [-0.2, -0.15) is 0 Å². The quantitative estimate of drug-likeness (QED) is 0.616. The maximum absolute atomic E-state index is 12.8. The number of carbonyl (C=O) groups excluding carboxylic acids is 1. The van der Waals surface area contributed by atoms with E-state index in [4.69, 9.17) is 9.47 Å². The summed E-state index contributed by atoms with van der Waals surface area (Å²) in [5.41, 5.74) is 3.19. The lowest BCUT2D eigenvalue weighted by Crippen LogP contribution is -2.36. The number of aryl methyl sites for hydroxylation is 1. The van der Waals surface area contributed by atoms with Crippen molar-refractivity contribution in [1.29, 1.82) is 0 Å². The Morgan fingerprint density at radius 3 is 2.59 bits per heavy atom. The third-order valence-corrected chi connectivity index (χ3v) is 7.31. The summed E-state index contributed by atoms with van der Waals surface area (Å²) in [7, 11) is -1.83. The molecule has 1 N–H and O–H groups in total. The summed E-state index contributed by atoms with van der Waals surface area (Å²) >= 11 is 0. The van der Waals surface area contributed by atoms with Gasteiger partial charge >= 0.3 is 5.97 Å². The van der Waals surface area contributed by atoms with Crippen molar-refractivity contribution in [2.45, 2.75) is 30.6 Å². The Hall–Kier alpha value is -2.64. The minimum Gasteiger partial charge on any atom is -0.497 e. The van der Waals surface area contributed by atoms with E-state index in [2.05, 4.69) is 4.72 Å². The van der Waals surface area contributed by atoms with E-state index in [-0.39, 0.29) is 12.3 Å². The molecule has 29 heavy (non-hydrogen) atoms. The topological polar surface area (TPSA) is 81.7 Å². The minimum absolute atomic E-state index is 0.226. The van der Waals surface area contributed by atoms with Gasteiger partial charge < -0.3 is 9.47 Å². The molecule has 2 aliphatic rings. The van der Waals surface area contributed by atoms with Crippen molar-refractivity contribution < 1.29 is 22.7 Å². The minimum atomic E-state index is -3.43. The predicted octanol–water partition coefficient (Wildman–Crippen LogP) is 2.94. The van der Waals surface area contributed by atoms with Crippen LogP contribution in [0.5, 0.6) is 5.75 Å². The van der Waals surface area contributed by atoms with Gasteiger partial charge in [0, 0.05) is 18.9 Å². The second-order valence-electron chi connectivity index (χ2n) is 7.44. The van der Waals surface area contributed by atoms with Gasteiger partial charge in [-0.1, -0.05) is 35.9 Å². The third-order valence-electron chi connectivity index (χ3n) is 5.52. The first-order chi connectivity index (χ1) is 13.9. The van der Waals surface area contributed by atoms with Gasteiger partial charge in [0.25, 0.3) is 0 Å². The van der Waals surface area contributed by atoms with Gasteiger partial charge in [0.2, 0.25) is 10.0 Å². The van der Waals surface area contributed by atoms with Gasteiger partial charge in [-0.15, -0.1) is 0 Å². The zero-order chi connectivity index (χ0) is 20.6. The largest absolute Gasteiger partial charge is 0.497 e. The number of carbonyl (C=O) groups is 1. The van der Waals surface area contributed by atoms with Gasteiger partial charge in [-0.05, 0) is 42.3 Å². The van der Waals surface area contributed by atoms with E-state index in [0.29, 0.717) is 12.1 Å². The smallest absolute Gasteiger partial charge is 0.338 e. The van der Waals surface area contributed by atoms with Crippen LogP contribution >= 0.6 is 0 Å². The van der Waals surface area contributed by atoms with Crippen LogP contribution in [-0.2, 0) is 14.8 Å². The molecule has 0 unspecified atom stereocenters. The Kier molecular flexibility index (Phi) is 5.19. The Morgan fingerprint density at radius 2 is 1.90 bits per heavy atom. The van der Waals surface area contributed by atoms with Crippen LogP contribution < -0.4 is 9.46 Å². The van der Waals surface area contributed by atoms with Crippen LogP contribution in [0, 0.1) is 6.92 Å². The van der Waals surface area contributed by atoms with Crippen molar-refractivity contribution in [3.63, 3.8) is 0 Å². The lowest BCUT2D eigenvalue weighted by molar-refractivity contribution is 0.0237. The molecule has 0 amide bonds. The number of hydrogen-bond donors (Lipinski definition) is 1. The first-order valence-corrected chi connectivity index (χ1v) is 11.0. The van der Waals surface area contributed by atoms with Crippen molar-refractivity contribution in [2.24, 2.45) is 0 Å². The van der Waals surface area contributed by atoms with Crippen molar-refractivity contribution >= 4 is 16.0 Å². The fourth-order valence-corrected chi connectivity index (χ4v) is 5.55.